The van der Waals surface area contributed by atoms with Crippen molar-refractivity contribution in [1.29, 1.82) is 0 Å². The van der Waals surface area contributed by atoms with Crippen molar-refractivity contribution in [2.24, 2.45) is 0 Å². The van der Waals surface area contributed by atoms with Crippen LogP contribution in [0, 0.1) is 6.92 Å². The summed E-state index contributed by atoms with van der Waals surface area (Å²) in [6.45, 7) is 2.34. The highest BCUT2D eigenvalue weighted by Gasteiger charge is 2.31. The zero-order valence-electron chi connectivity index (χ0n) is 12.1. The Morgan fingerprint density at radius 2 is 2.29 bits per heavy atom. The van der Waals surface area contributed by atoms with Gasteiger partial charge in [0.05, 0.1) is 12.0 Å². The first-order chi connectivity index (χ1) is 10.1. The third-order valence-electron chi connectivity index (χ3n) is 4.06. The van der Waals surface area contributed by atoms with E-state index >= 15 is 0 Å². The van der Waals surface area contributed by atoms with Crippen LogP contribution in [0.5, 0.6) is 0 Å². The van der Waals surface area contributed by atoms with E-state index in [1.807, 2.05) is 31.2 Å². The summed E-state index contributed by atoms with van der Waals surface area (Å²) in [6, 6.07) is 8.01. The van der Waals surface area contributed by atoms with Crippen LogP contribution in [0.4, 0.5) is 0 Å². The van der Waals surface area contributed by atoms with Crippen molar-refractivity contribution in [2.45, 2.75) is 25.4 Å². The van der Waals surface area contributed by atoms with Gasteiger partial charge in [0.25, 0.3) is 0 Å². The molecular weight excluding hydrogens is 284 g/mol. The lowest BCUT2D eigenvalue weighted by molar-refractivity contribution is -0.121. The van der Waals surface area contributed by atoms with Gasteiger partial charge >= 0.3 is 0 Å². The average Bonchev–Trinajstić information content (AvgIpc) is 3.03. The van der Waals surface area contributed by atoms with Crippen molar-refractivity contribution in [3.05, 3.63) is 35.5 Å². The molecule has 21 heavy (non-hydrogen) atoms. The first-order valence-electron chi connectivity index (χ1n) is 7.20. The van der Waals surface area contributed by atoms with Crippen LogP contribution in [0.15, 0.2) is 24.3 Å². The number of carbonyl (C=O) groups excluding carboxylic acids is 1. The molecule has 0 saturated carbocycles. The molecule has 5 heteroatoms. The number of hydrogen-bond acceptors (Lipinski definition) is 3. The quantitative estimate of drug-likeness (QED) is 0.809. The molecule has 0 spiro atoms. The second-order valence-corrected chi connectivity index (χ2v) is 6.86. The third kappa shape index (κ3) is 3.09. The summed E-state index contributed by atoms with van der Waals surface area (Å²) in [4.78, 5) is 15.5. The van der Waals surface area contributed by atoms with E-state index in [1.165, 1.54) is 0 Å². The fraction of sp³-hybridized carbons (Fsp3) is 0.438. The molecule has 0 bridgehead atoms. The fourth-order valence-electron chi connectivity index (χ4n) is 2.78. The molecule has 4 nitrogen and oxygen atoms in total. The number of amides is 1. The van der Waals surface area contributed by atoms with Gasteiger partial charge in [0, 0.05) is 28.9 Å². The van der Waals surface area contributed by atoms with E-state index in [0.29, 0.717) is 18.7 Å². The van der Waals surface area contributed by atoms with E-state index in [2.05, 4.69) is 10.3 Å². The molecule has 3 N–H and O–H groups in total. The minimum Gasteiger partial charge on any atom is -0.387 e. The van der Waals surface area contributed by atoms with E-state index in [9.17, 15) is 9.90 Å². The van der Waals surface area contributed by atoms with Gasteiger partial charge in [-0.15, -0.1) is 0 Å². The summed E-state index contributed by atoms with van der Waals surface area (Å²) in [5.74, 6) is 1.64. The largest absolute Gasteiger partial charge is 0.387 e. The molecule has 1 unspecified atom stereocenters. The summed E-state index contributed by atoms with van der Waals surface area (Å²) in [6.07, 6.45) is 1.10. The SMILES string of the molecule is Cc1[nH]c2ccccc2c1CC(=O)NCC1(O)CCSC1. The van der Waals surface area contributed by atoms with Crippen molar-refractivity contribution in [1.82, 2.24) is 10.3 Å². The number of hydrogen-bond donors (Lipinski definition) is 3. The summed E-state index contributed by atoms with van der Waals surface area (Å²) in [5.41, 5.74) is 2.40. The zero-order valence-corrected chi connectivity index (χ0v) is 12.9. The number of para-hydroxylation sites is 1. The standard InChI is InChI=1S/C16H20N2O2S/c1-11-13(12-4-2-3-5-14(12)18-11)8-15(19)17-9-16(20)6-7-21-10-16/h2-5,18,20H,6-10H2,1H3,(H,17,19). The number of aromatic nitrogens is 1. The molecular formula is C16H20N2O2S. The molecule has 1 aromatic heterocycles. The lowest BCUT2D eigenvalue weighted by atomic mass is 10.0. The van der Waals surface area contributed by atoms with E-state index in [0.717, 1.165) is 34.3 Å². The van der Waals surface area contributed by atoms with Gasteiger partial charge in [-0.1, -0.05) is 18.2 Å². The van der Waals surface area contributed by atoms with Crippen molar-refractivity contribution < 1.29 is 9.90 Å². The molecule has 2 aromatic rings. The monoisotopic (exact) mass is 304 g/mol. The molecule has 1 saturated heterocycles. The lowest BCUT2D eigenvalue weighted by Gasteiger charge is -2.21. The number of nitrogens with one attached hydrogen (secondary N) is 2. The van der Waals surface area contributed by atoms with Crippen LogP contribution < -0.4 is 5.32 Å². The number of rotatable bonds is 4. The summed E-state index contributed by atoms with van der Waals surface area (Å²) < 4.78 is 0. The van der Waals surface area contributed by atoms with Gasteiger partial charge < -0.3 is 15.4 Å². The minimum atomic E-state index is -0.727. The maximum Gasteiger partial charge on any atom is 0.224 e. The number of aromatic amines is 1. The normalized spacial score (nSPS) is 21.8. The van der Waals surface area contributed by atoms with Crippen molar-refractivity contribution >= 4 is 28.6 Å². The number of thioether (sulfide) groups is 1. The smallest absolute Gasteiger partial charge is 0.224 e. The second kappa shape index (κ2) is 5.73. The number of aryl methyl sites for hydroxylation is 1. The molecule has 0 radical (unpaired) electrons. The highest BCUT2D eigenvalue weighted by atomic mass is 32.2. The topological polar surface area (TPSA) is 65.1 Å². The van der Waals surface area contributed by atoms with Crippen molar-refractivity contribution in [3.63, 3.8) is 0 Å². The summed E-state index contributed by atoms with van der Waals surface area (Å²) in [7, 11) is 0. The number of benzene rings is 1. The molecule has 1 fully saturated rings. The zero-order chi connectivity index (χ0) is 14.9. The Kier molecular flexibility index (Phi) is 3.95. The van der Waals surface area contributed by atoms with Gasteiger partial charge in [-0.3, -0.25) is 4.79 Å². The van der Waals surface area contributed by atoms with Crippen LogP contribution in [-0.4, -0.2) is 39.6 Å². The number of fused-ring (bicyclic) bond motifs is 1. The average molecular weight is 304 g/mol. The molecule has 3 rings (SSSR count). The fourth-order valence-corrected chi connectivity index (χ4v) is 4.08. The Morgan fingerprint density at radius 1 is 1.48 bits per heavy atom. The summed E-state index contributed by atoms with van der Waals surface area (Å²) in [5, 5.41) is 14.2. The van der Waals surface area contributed by atoms with Gasteiger partial charge in [-0.25, -0.2) is 0 Å². The van der Waals surface area contributed by atoms with Gasteiger partial charge in [0.2, 0.25) is 5.91 Å². The molecule has 1 aliphatic rings. The Labute approximate surface area is 128 Å². The maximum atomic E-state index is 12.2. The molecule has 1 aromatic carbocycles. The minimum absolute atomic E-state index is 0.0341. The van der Waals surface area contributed by atoms with E-state index in [1.54, 1.807) is 11.8 Å². The molecule has 1 atom stereocenters. The van der Waals surface area contributed by atoms with E-state index in [4.69, 9.17) is 0 Å². The Morgan fingerprint density at radius 3 is 3.05 bits per heavy atom. The van der Waals surface area contributed by atoms with E-state index < -0.39 is 5.60 Å². The van der Waals surface area contributed by atoms with Crippen LogP contribution in [0.25, 0.3) is 10.9 Å². The predicted molar refractivity (Wildman–Crippen MR) is 86.6 cm³/mol. The third-order valence-corrected chi connectivity index (χ3v) is 5.30. The first kappa shape index (κ1) is 14.5. The number of carbonyl (C=O) groups is 1. The summed E-state index contributed by atoms with van der Waals surface area (Å²) >= 11 is 1.74. The van der Waals surface area contributed by atoms with Crippen molar-refractivity contribution in [2.75, 3.05) is 18.1 Å². The number of aliphatic hydroxyl groups is 1. The van der Waals surface area contributed by atoms with Gasteiger partial charge in [-0.2, -0.15) is 11.8 Å². The first-order valence-corrected chi connectivity index (χ1v) is 8.36. The Hall–Kier alpha value is -1.46. The van der Waals surface area contributed by atoms with Crippen LogP contribution in [0.2, 0.25) is 0 Å². The van der Waals surface area contributed by atoms with Gasteiger partial charge in [0.1, 0.15) is 0 Å². The second-order valence-electron chi connectivity index (χ2n) is 5.75. The molecule has 2 heterocycles. The highest BCUT2D eigenvalue weighted by Crippen LogP contribution is 2.27. The van der Waals surface area contributed by atoms with Gasteiger partial charge in [0.15, 0.2) is 0 Å². The maximum absolute atomic E-state index is 12.2. The predicted octanol–water partition coefficient (Wildman–Crippen LogP) is 2.00. The highest BCUT2D eigenvalue weighted by molar-refractivity contribution is 7.99. The molecule has 1 aliphatic heterocycles. The van der Waals surface area contributed by atoms with Gasteiger partial charge in [-0.05, 0) is 30.7 Å². The van der Waals surface area contributed by atoms with Crippen molar-refractivity contribution in [3.8, 4) is 0 Å². The Bertz CT molecular complexity index is 659. The van der Waals surface area contributed by atoms with Crippen LogP contribution >= 0.6 is 11.8 Å². The molecule has 112 valence electrons. The lowest BCUT2D eigenvalue weighted by Crippen LogP contribution is -2.43. The van der Waals surface area contributed by atoms with Crippen LogP contribution in [0.1, 0.15) is 17.7 Å². The van der Waals surface area contributed by atoms with Crippen LogP contribution in [-0.2, 0) is 11.2 Å². The van der Waals surface area contributed by atoms with Crippen LogP contribution in [0.3, 0.4) is 0 Å². The van der Waals surface area contributed by atoms with E-state index in [-0.39, 0.29) is 5.91 Å². The number of H-pyrrole nitrogens is 1. The molecule has 1 amide bonds. The Balaban J connectivity index is 1.67. The molecule has 0 aliphatic carbocycles.